The molecule has 9 heteroatoms. The van der Waals surface area contributed by atoms with Crippen LogP contribution in [0.1, 0.15) is 5.56 Å². The van der Waals surface area contributed by atoms with Crippen molar-refractivity contribution in [3.8, 4) is 11.5 Å². The van der Waals surface area contributed by atoms with Gasteiger partial charge in [0, 0.05) is 12.1 Å². The van der Waals surface area contributed by atoms with Gasteiger partial charge in [-0.05, 0) is 35.9 Å². The lowest BCUT2D eigenvalue weighted by Crippen LogP contribution is -2.17. The molecule has 0 radical (unpaired) electrons. The largest absolute Gasteiger partial charge is 0.490 e. The lowest BCUT2D eigenvalue weighted by molar-refractivity contribution is -0.384. The zero-order valence-corrected chi connectivity index (χ0v) is 15.5. The van der Waals surface area contributed by atoms with Gasteiger partial charge in [-0.3, -0.25) is 14.9 Å². The lowest BCUT2D eigenvalue weighted by Gasteiger charge is -2.09. The number of nitrogens with zero attached hydrogens (tertiary/aromatic N) is 1. The second-order valence-electron chi connectivity index (χ2n) is 5.37. The Morgan fingerprint density at radius 1 is 1.11 bits per heavy atom. The molecule has 1 aliphatic heterocycles. The maximum absolute atomic E-state index is 11.7. The summed E-state index contributed by atoms with van der Waals surface area (Å²) in [7, 11) is 0. The highest BCUT2D eigenvalue weighted by Crippen LogP contribution is 2.26. The number of nitrogens with one attached hydrogen (secondary N) is 1. The van der Waals surface area contributed by atoms with E-state index in [2.05, 4.69) is 5.32 Å². The van der Waals surface area contributed by atoms with Gasteiger partial charge in [-0.2, -0.15) is 0 Å². The van der Waals surface area contributed by atoms with Gasteiger partial charge in [-0.25, -0.2) is 0 Å². The van der Waals surface area contributed by atoms with Crippen LogP contribution in [0.3, 0.4) is 0 Å². The van der Waals surface area contributed by atoms with Crippen LogP contribution in [0, 0.1) is 10.1 Å². The zero-order chi connectivity index (χ0) is 19.2. The van der Waals surface area contributed by atoms with Crippen LogP contribution < -0.4 is 14.8 Å². The molecule has 0 aliphatic carbocycles. The van der Waals surface area contributed by atoms with E-state index < -0.39 is 4.92 Å². The van der Waals surface area contributed by atoms with Crippen molar-refractivity contribution in [3.05, 3.63) is 69.1 Å². The number of nitro groups is 1. The van der Waals surface area contributed by atoms with Gasteiger partial charge in [0.15, 0.2) is 0 Å². The monoisotopic (exact) mass is 402 g/mol. The summed E-state index contributed by atoms with van der Waals surface area (Å²) in [5, 5.41) is 13.2. The van der Waals surface area contributed by atoms with Crippen molar-refractivity contribution in [1.29, 1.82) is 0 Å². The summed E-state index contributed by atoms with van der Waals surface area (Å²) in [6, 6.07) is 13.2. The van der Waals surface area contributed by atoms with Gasteiger partial charge in [0.2, 0.25) is 0 Å². The molecule has 0 bridgehead atoms. The fraction of sp³-hybridized carbons (Fsp3) is 0.111. The molecule has 3 rings (SSSR count). The van der Waals surface area contributed by atoms with Gasteiger partial charge in [-0.15, -0.1) is 0 Å². The number of benzene rings is 2. The van der Waals surface area contributed by atoms with E-state index in [1.54, 1.807) is 24.3 Å². The van der Waals surface area contributed by atoms with Gasteiger partial charge in [0.1, 0.15) is 29.0 Å². The predicted octanol–water partition coefficient (Wildman–Crippen LogP) is 3.54. The van der Waals surface area contributed by atoms with Crippen molar-refractivity contribution < 1.29 is 19.2 Å². The third-order valence-electron chi connectivity index (χ3n) is 3.47. The van der Waals surface area contributed by atoms with E-state index in [0.29, 0.717) is 27.3 Å². The minimum atomic E-state index is -0.462. The van der Waals surface area contributed by atoms with Crippen LogP contribution in [0.25, 0.3) is 6.08 Å². The Kier molecular flexibility index (Phi) is 6.05. The molecule has 0 spiro atoms. The van der Waals surface area contributed by atoms with E-state index >= 15 is 0 Å². The molecular weight excluding hydrogens is 388 g/mol. The number of amides is 1. The molecule has 1 heterocycles. The van der Waals surface area contributed by atoms with E-state index in [4.69, 9.17) is 21.7 Å². The van der Waals surface area contributed by atoms with Crippen LogP contribution in [0.5, 0.6) is 11.5 Å². The second-order valence-corrected chi connectivity index (χ2v) is 7.09. The molecule has 1 amide bonds. The number of carbonyl (C=O) groups is 1. The third kappa shape index (κ3) is 5.28. The molecule has 0 saturated carbocycles. The Hall–Kier alpha value is -2.91. The van der Waals surface area contributed by atoms with Crippen LogP contribution in [0.15, 0.2) is 53.4 Å². The first-order valence-electron chi connectivity index (χ1n) is 7.86. The molecule has 1 aliphatic rings. The highest BCUT2D eigenvalue weighted by atomic mass is 32.2. The zero-order valence-electron chi connectivity index (χ0n) is 13.9. The summed E-state index contributed by atoms with van der Waals surface area (Å²) in [6.07, 6.45) is 1.75. The van der Waals surface area contributed by atoms with E-state index in [1.807, 2.05) is 18.2 Å². The van der Waals surface area contributed by atoms with Crippen molar-refractivity contribution >= 4 is 46.0 Å². The number of rotatable bonds is 7. The van der Waals surface area contributed by atoms with Crippen molar-refractivity contribution in [2.75, 3.05) is 13.2 Å². The van der Waals surface area contributed by atoms with E-state index in [-0.39, 0.29) is 18.2 Å². The Morgan fingerprint density at radius 2 is 1.81 bits per heavy atom. The molecule has 1 N–H and O–H groups in total. The van der Waals surface area contributed by atoms with Crippen LogP contribution in [-0.2, 0) is 4.79 Å². The normalized spacial score (nSPS) is 14.9. The fourth-order valence-corrected chi connectivity index (χ4v) is 3.29. The van der Waals surface area contributed by atoms with Crippen LogP contribution in [-0.4, -0.2) is 28.4 Å². The third-order valence-corrected chi connectivity index (χ3v) is 4.63. The first-order valence-corrected chi connectivity index (χ1v) is 9.09. The SMILES string of the molecule is O=C1NC(=S)S/C1=C/c1cccc(OCCOc2ccc([N+](=O)[O-])cc2)c1. The summed E-state index contributed by atoms with van der Waals surface area (Å²) in [4.78, 5) is 22.4. The van der Waals surface area contributed by atoms with Gasteiger partial charge < -0.3 is 14.8 Å². The topological polar surface area (TPSA) is 90.7 Å². The summed E-state index contributed by atoms with van der Waals surface area (Å²) in [5.74, 6) is 0.971. The van der Waals surface area contributed by atoms with Crippen molar-refractivity contribution in [3.63, 3.8) is 0 Å². The molecule has 7 nitrogen and oxygen atoms in total. The minimum absolute atomic E-state index is 0.0133. The predicted molar refractivity (Wildman–Crippen MR) is 107 cm³/mol. The maximum Gasteiger partial charge on any atom is 0.269 e. The second kappa shape index (κ2) is 8.65. The summed E-state index contributed by atoms with van der Waals surface area (Å²) in [6.45, 7) is 0.589. The Labute approximate surface area is 164 Å². The van der Waals surface area contributed by atoms with Crippen molar-refractivity contribution in [2.24, 2.45) is 0 Å². The number of thiocarbonyl (C=S) groups is 1. The van der Waals surface area contributed by atoms with Gasteiger partial charge in [-0.1, -0.05) is 36.1 Å². The quantitative estimate of drug-likeness (QED) is 0.249. The van der Waals surface area contributed by atoms with E-state index in [1.165, 1.54) is 23.9 Å². The molecule has 138 valence electrons. The van der Waals surface area contributed by atoms with E-state index in [9.17, 15) is 14.9 Å². The molecule has 2 aromatic rings. The Morgan fingerprint density at radius 3 is 2.44 bits per heavy atom. The number of non-ortho nitro benzene ring substituents is 1. The summed E-state index contributed by atoms with van der Waals surface area (Å²) in [5.41, 5.74) is 0.838. The molecule has 0 atom stereocenters. The highest BCUT2D eigenvalue weighted by Gasteiger charge is 2.21. The van der Waals surface area contributed by atoms with Crippen LogP contribution in [0.2, 0.25) is 0 Å². The number of ether oxygens (including phenoxy) is 2. The van der Waals surface area contributed by atoms with Crippen molar-refractivity contribution in [1.82, 2.24) is 5.32 Å². The number of carbonyl (C=O) groups excluding carboxylic acids is 1. The van der Waals surface area contributed by atoms with Crippen molar-refractivity contribution in [2.45, 2.75) is 0 Å². The summed E-state index contributed by atoms with van der Waals surface area (Å²) < 4.78 is 11.6. The fourth-order valence-electron chi connectivity index (χ4n) is 2.25. The molecule has 1 saturated heterocycles. The molecule has 2 aromatic carbocycles. The lowest BCUT2D eigenvalue weighted by atomic mass is 10.2. The minimum Gasteiger partial charge on any atom is -0.490 e. The highest BCUT2D eigenvalue weighted by molar-refractivity contribution is 8.26. The number of nitro benzene ring substituents is 1. The van der Waals surface area contributed by atoms with E-state index in [0.717, 1.165) is 5.56 Å². The number of hydrogen-bond donors (Lipinski definition) is 1. The summed E-state index contributed by atoms with van der Waals surface area (Å²) >= 11 is 6.19. The Balaban J connectivity index is 1.51. The molecule has 0 aromatic heterocycles. The van der Waals surface area contributed by atoms with Crippen LogP contribution in [0.4, 0.5) is 5.69 Å². The molecule has 0 unspecified atom stereocenters. The average molecular weight is 402 g/mol. The average Bonchev–Trinajstić information content (AvgIpc) is 2.96. The first kappa shape index (κ1) is 18.9. The van der Waals surface area contributed by atoms with Crippen LogP contribution >= 0.6 is 24.0 Å². The Bertz CT molecular complexity index is 912. The van der Waals surface area contributed by atoms with Gasteiger partial charge >= 0.3 is 0 Å². The maximum atomic E-state index is 11.7. The number of hydrogen-bond acceptors (Lipinski definition) is 7. The smallest absolute Gasteiger partial charge is 0.269 e. The van der Waals surface area contributed by atoms with Gasteiger partial charge in [0.25, 0.3) is 11.6 Å². The molecular formula is C18H14N2O5S2. The first-order chi connectivity index (χ1) is 13.0. The molecule has 27 heavy (non-hydrogen) atoms. The standard InChI is InChI=1S/C18H14N2O5S2/c21-17-16(27-18(26)19-17)11-12-2-1-3-15(10-12)25-9-8-24-14-6-4-13(5-7-14)20(22)23/h1-7,10-11H,8-9H2,(H,19,21,26)/b16-11+. The molecule has 1 fully saturated rings. The van der Waals surface area contributed by atoms with Gasteiger partial charge in [0.05, 0.1) is 9.83 Å². The number of thioether (sulfide) groups is 1.